The molecule has 1 amide bonds. The van der Waals surface area contributed by atoms with Crippen LogP contribution in [0.5, 0.6) is 0 Å². The first-order valence-corrected chi connectivity index (χ1v) is 7.88. The Morgan fingerprint density at radius 3 is 2.45 bits per heavy atom. The van der Waals surface area contributed by atoms with E-state index >= 15 is 0 Å². The summed E-state index contributed by atoms with van der Waals surface area (Å²) < 4.78 is 0. The van der Waals surface area contributed by atoms with Gasteiger partial charge in [0.15, 0.2) is 0 Å². The van der Waals surface area contributed by atoms with Crippen LogP contribution in [0.3, 0.4) is 0 Å². The minimum Gasteiger partial charge on any atom is -0.481 e. The van der Waals surface area contributed by atoms with Gasteiger partial charge in [0, 0.05) is 10.7 Å². The van der Waals surface area contributed by atoms with Crippen molar-refractivity contribution in [1.82, 2.24) is 0 Å². The Bertz CT molecular complexity index is 695. The molecule has 0 unspecified atom stereocenters. The normalized spacial score (nSPS) is 33.1. The van der Waals surface area contributed by atoms with Gasteiger partial charge in [-0.1, -0.05) is 29.8 Å². The second-order valence-corrected chi connectivity index (χ2v) is 7.00. The van der Waals surface area contributed by atoms with E-state index in [4.69, 9.17) is 11.6 Å². The zero-order valence-corrected chi connectivity index (χ0v) is 12.6. The average molecular weight is 318 g/mol. The SMILES string of the molecule is O=C(O)[C@@H]1[C@H](C(=O)Nc2cccc(Cl)c2)[C@H]2C=C[C@@H]1C21CC1. The lowest BCUT2D eigenvalue weighted by atomic mass is 9.82. The highest BCUT2D eigenvalue weighted by Gasteiger charge is 2.70. The molecular formula is C17H16ClNO3. The molecule has 2 fully saturated rings. The van der Waals surface area contributed by atoms with E-state index in [-0.39, 0.29) is 23.2 Å². The third-order valence-corrected chi connectivity index (χ3v) is 5.76. The number of nitrogens with one attached hydrogen (secondary N) is 1. The average Bonchev–Trinajstić information content (AvgIpc) is 3.12. The molecular weight excluding hydrogens is 302 g/mol. The van der Waals surface area contributed by atoms with Gasteiger partial charge in [0.25, 0.3) is 0 Å². The maximum absolute atomic E-state index is 12.7. The van der Waals surface area contributed by atoms with Crippen molar-refractivity contribution >= 4 is 29.2 Å². The molecule has 0 radical (unpaired) electrons. The van der Waals surface area contributed by atoms with Crippen molar-refractivity contribution in [2.24, 2.45) is 29.1 Å². The number of amides is 1. The second-order valence-electron chi connectivity index (χ2n) is 6.56. The highest BCUT2D eigenvalue weighted by atomic mass is 35.5. The molecule has 1 spiro atoms. The first-order chi connectivity index (χ1) is 10.5. The van der Waals surface area contributed by atoms with Crippen molar-refractivity contribution in [3.8, 4) is 0 Å². The zero-order valence-electron chi connectivity index (χ0n) is 11.8. The number of rotatable bonds is 3. The molecule has 22 heavy (non-hydrogen) atoms. The number of carbonyl (C=O) groups excluding carboxylic acids is 1. The first kappa shape index (κ1) is 13.8. The fourth-order valence-electron chi connectivity index (χ4n) is 4.48. The van der Waals surface area contributed by atoms with Gasteiger partial charge in [-0.25, -0.2) is 0 Å². The molecule has 114 valence electrons. The number of benzene rings is 1. The van der Waals surface area contributed by atoms with E-state index < -0.39 is 17.8 Å². The van der Waals surface area contributed by atoms with Gasteiger partial charge in [0.2, 0.25) is 5.91 Å². The van der Waals surface area contributed by atoms with Gasteiger partial charge in [0.05, 0.1) is 11.8 Å². The summed E-state index contributed by atoms with van der Waals surface area (Å²) in [6, 6.07) is 6.92. The Kier molecular flexibility index (Phi) is 2.89. The third-order valence-electron chi connectivity index (χ3n) is 5.52. The van der Waals surface area contributed by atoms with E-state index in [9.17, 15) is 14.7 Å². The van der Waals surface area contributed by atoms with Crippen LogP contribution in [-0.4, -0.2) is 17.0 Å². The number of anilines is 1. The summed E-state index contributed by atoms with van der Waals surface area (Å²) in [6.07, 6.45) is 6.12. The van der Waals surface area contributed by atoms with Crippen molar-refractivity contribution in [3.63, 3.8) is 0 Å². The van der Waals surface area contributed by atoms with E-state index in [1.807, 2.05) is 6.08 Å². The number of carboxylic acids is 1. The fraction of sp³-hybridized carbons (Fsp3) is 0.412. The van der Waals surface area contributed by atoms with Gasteiger partial charge < -0.3 is 10.4 Å². The van der Waals surface area contributed by atoms with Crippen molar-refractivity contribution in [1.29, 1.82) is 0 Å². The molecule has 2 N–H and O–H groups in total. The third kappa shape index (κ3) is 1.83. The molecule has 1 aromatic rings. The molecule has 4 rings (SSSR count). The van der Waals surface area contributed by atoms with Crippen molar-refractivity contribution in [2.75, 3.05) is 5.32 Å². The van der Waals surface area contributed by atoms with Crippen LogP contribution in [0.15, 0.2) is 36.4 Å². The van der Waals surface area contributed by atoms with Gasteiger partial charge in [-0.15, -0.1) is 0 Å². The van der Waals surface area contributed by atoms with Crippen LogP contribution in [0.2, 0.25) is 5.02 Å². The summed E-state index contributed by atoms with van der Waals surface area (Å²) in [4.78, 5) is 24.4. The lowest BCUT2D eigenvalue weighted by Gasteiger charge is -2.23. The van der Waals surface area contributed by atoms with Gasteiger partial charge in [0.1, 0.15) is 0 Å². The van der Waals surface area contributed by atoms with E-state index in [0.29, 0.717) is 10.7 Å². The van der Waals surface area contributed by atoms with Crippen LogP contribution < -0.4 is 5.32 Å². The zero-order chi connectivity index (χ0) is 15.5. The molecule has 2 bridgehead atoms. The molecule has 0 heterocycles. The molecule has 1 aromatic carbocycles. The van der Waals surface area contributed by atoms with E-state index in [2.05, 4.69) is 11.4 Å². The summed E-state index contributed by atoms with van der Waals surface area (Å²) in [7, 11) is 0. The summed E-state index contributed by atoms with van der Waals surface area (Å²) in [6.45, 7) is 0. The number of carboxylic acid groups (broad SMARTS) is 1. The Labute approximate surface area is 133 Å². The summed E-state index contributed by atoms with van der Waals surface area (Å²) >= 11 is 5.93. The molecule has 0 aliphatic heterocycles. The second kappa shape index (κ2) is 4.59. The minimum atomic E-state index is -0.866. The molecule has 2 saturated carbocycles. The largest absolute Gasteiger partial charge is 0.481 e. The van der Waals surface area contributed by atoms with E-state index in [0.717, 1.165) is 12.8 Å². The number of hydrogen-bond donors (Lipinski definition) is 2. The van der Waals surface area contributed by atoms with Crippen LogP contribution in [0, 0.1) is 29.1 Å². The first-order valence-electron chi connectivity index (χ1n) is 7.50. The van der Waals surface area contributed by atoms with Gasteiger partial charge in [-0.2, -0.15) is 0 Å². The maximum Gasteiger partial charge on any atom is 0.307 e. The van der Waals surface area contributed by atoms with E-state index in [1.54, 1.807) is 24.3 Å². The standard InChI is InChI=1S/C17H16ClNO3/c18-9-2-1-3-10(8-9)19-15(20)13-11-4-5-12(14(13)16(21)22)17(11)6-7-17/h1-5,8,11-14H,6-7H2,(H,19,20)(H,21,22)/t11-,12+,13-,14+/m1/s1. The van der Waals surface area contributed by atoms with Crippen molar-refractivity contribution < 1.29 is 14.7 Å². The van der Waals surface area contributed by atoms with Crippen LogP contribution >= 0.6 is 11.6 Å². The van der Waals surface area contributed by atoms with Crippen molar-refractivity contribution in [2.45, 2.75) is 12.8 Å². The highest BCUT2D eigenvalue weighted by molar-refractivity contribution is 6.30. The van der Waals surface area contributed by atoms with Gasteiger partial charge >= 0.3 is 5.97 Å². The Morgan fingerprint density at radius 2 is 1.86 bits per heavy atom. The van der Waals surface area contributed by atoms with E-state index in [1.165, 1.54) is 0 Å². The Balaban J connectivity index is 1.62. The number of hydrogen-bond acceptors (Lipinski definition) is 2. The lowest BCUT2D eigenvalue weighted by Crippen LogP contribution is -2.36. The smallest absolute Gasteiger partial charge is 0.307 e. The summed E-state index contributed by atoms with van der Waals surface area (Å²) in [5.41, 5.74) is 0.651. The predicted molar refractivity (Wildman–Crippen MR) is 82.5 cm³/mol. The molecule has 5 heteroatoms. The monoisotopic (exact) mass is 317 g/mol. The Morgan fingerprint density at radius 1 is 1.18 bits per heavy atom. The Hall–Kier alpha value is -1.81. The predicted octanol–water partition coefficient (Wildman–Crippen LogP) is 3.19. The molecule has 0 aromatic heterocycles. The number of carbonyl (C=O) groups is 2. The topological polar surface area (TPSA) is 66.4 Å². The maximum atomic E-state index is 12.7. The molecule has 4 nitrogen and oxygen atoms in total. The fourth-order valence-corrected chi connectivity index (χ4v) is 4.67. The quantitative estimate of drug-likeness (QED) is 0.841. The van der Waals surface area contributed by atoms with Crippen LogP contribution in [0.4, 0.5) is 5.69 Å². The van der Waals surface area contributed by atoms with Crippen molar-refractivity contribution in [3.05, 3.63) is 41.4 Å². The summed E-state index contributed by atoms with van der Waals surface area (Å²) in [5, 5.41) is 13.0. The molecule has 3 aliphatic rings. The van der Waals surface area contributed by atoms with Gasteiger partial charge in [-0.3, -0.25) is 9.59 Å². The molecule has 4 atom stereocenters. The van der Waals surface area contributed by atoms with Gasteiger partial charge in [-0.05, 0) is 48.3 Å². The number of halogens is 1. The highest BCUT2D eigenvalue weighted by Crippen LogP contribution is 2.72. The summed E-state index contributed by atoms with van der Waals surface area (Å²) in [5.74, 6) is -2.12. The molecule has 0 saturated heterocycles. The number of aliphatic carboxylic acids is 1. The van der Waals surface area contributed by atoms with Crippen LogP contribution in [0.1, 0.15) is 12.8 Å². The van der Waals surface area contributed by atoms with Crippen LogP contribution in [-0.2, 0) is 9.59 Å². The van der Waals surface area contributed by atoms with Crippen LogP contribution in [0.25, 0.3) is 0 Å². The molecule has 3 aliphatic carbocycles. The minimum absolute atomic E-state index is 0.00473. The number of allylic oxidation sites excluding steroid dienone is 2. The lowest BCUT2D eigenvalue weighted by molar-refractivity contribution is -0.146.